The van der Waals surface area contributed by atoms with Crippen molar-refractivity contribution < 1.29 is 8.42 Å². The SMILES string of the molecule is NCC#Cc1cnc(NS(=O)(=O)c2cccnc2)s1. The summed E-state index contributed by atoms with van der Waals surface area (Å²) in [6, 6.07) is 3.01. The van der Waals surface area contributed by atoms with Gasteiger partial charge in [0.05, 0.1) is 17.6 Å². The quantitative estimate of drug-likeness (QED) is 0.810. The second-order valence-electron chi connectivity index (χ2n) is 3.33. The third-order valence-electron chi connectivity index (χ3n) is 1.99. The molecule has 6 nitrogen and oxygen atoms in total. The molecule has 0 atom stereocenters. The second-order valence-corrected chi connectivity index (χ2v) is 6.04. The summed E-state index contributed by atoms with van der Waals surface area (Å²) >= 11 is 1.14. The predicted molar refractivity (Wildman–Crippen MR) is 73.1 cm³/mol. The highest BCUT2D eigenvalue weighted by molar-refractivity contribution is 7.93. The predicted octanol–water partition coefficient (Wildman–Crippen LogP) is 0.649. The number of hydrogen-bond donors (Lipinski definition) is 2. The Hall–Kier alpha value is -1.95. The van der Waals surface area contributed by atoms with Gasteiger partial charge in [0.1, 0.15) is 4.90 Å². The van der Waals surface area contributed by atoms with Gasteiger partial charge in [-0.3, -0.25) is 9.71 Å². The first-order valence-corrected chi connectivity index (χ1v) is 7.49. The number of nitrogens with zero attached hydrogens (tertiary/aromatic N) is 2. The zero-order chi connectivity index (χ0) is 13.7. The third-order valence-corrected chi connectivity index (χ3v) is 4.27. The van der Waals surface area contributed by atoms with Gasteiger partial charge in [0, 0.05) is 12.4 Å². The number of nitrogens with one attached hydrogen (secondary N) is 1. The molecule has 0 radical (unpaired) electrons. The Kier molecular flexibility index (Phi) is 4.11. The van der Waals surface area contributed by atoms with Gasteiger partial charge in [-0.2, -0.15) is 0 Å². The van der Waals surface area contributed by atoms with Gasteiger partial charge in [0.2, 0.25) is 0 Å². The van der Waals surface area contributed by atoms with Crippen molar-refractivity contribution in [2.45, 2.75) is 4.90 Å². The van der Waals surface area contributed by atoms with Crippen LogP contribution in [0.5, 0.6) is 0 Å². The number of rotatable bonds is 3. The van der Waals surface area contributed by atoms with E-state index in [2.05, 4.69) is 26.5 Å². The van der Waals surface area contributed by atoms with Crippen molar-refractivity contribution in [1.82, 2.24) is 9.97 Å². The van der Waals surface area contributed by atoms with Crippen LogP contribution < -0.4 is 10.5 Å². The number of nitrogens with two attached hydrogens (primary N) is 1. The molecule has 2 aromatic rings. The van der Waals surface area contributed by atoms with E-state index < -0.39 is 10.0 Å². The van der Waals surface area contributed by atoms with Gasteiger partial charge in [-0.15, -0.1) is 0 Å². The van der Waals surface area contributed by atoms with Crippen molar-refractivity contribution in [2.24, 2.45) is 5.73 Å². The largest absolute Gasteiger partial charge is 0.320 e. The van der Waals surface area contributed by atoms with Gasteiger partial charge in [-0.25, -0.2) is 13.4 Å². The molecule has 8 heteroatoms. The van der Waals surface area contributed by atoms with Crippen LogP contribution in [0, 0.1) is 11.8 Å². The normalized spacial score (nSPS) is 10.6. The average Bonchev–Trinajstić information content (AvgIpc) is 2.84. The van der Waals surface area contributed by atoms with E-state index in [0.717, 1.165) is 11.3 Å². The molecule has 0 aliphatic carbocycles. The van der Waals surface area contributed by atoms with Crippen LogP contribution in [0.3, 0.4) is 0 Å². The van der Waals surface area contributed by atoms with E-state index in [4.69, 9.17) is 5.73 Å². The molecule has 0 spiro atoms. The molecule has 2 aromatic heterocycles. The molecular weight excluding hydrogens is 284 g/mol. The summed E-state index contributed by atoms with van der Waals surface area (Å²) in [6.45, 7) is 0.245. The molecule has 2 rings (SSSR count). The van der Waals surface area contributed by atoms with Gasteiger partial charge >= 0.3 is 0 Å². The topological polar surface area (TPSA) is 98.0 Å². The first-order valence-electron chi connectivity index (χ1n) is 5.19. The van der Waals surface area contributed by atoms with Crippen LogP contribution >= 0.6 is 11.3 Å². The highest BCUT2D eigenvalue weighted by atomic mass is 32.2. The maximum Gasteiger partial charge on any atom is 0.265 e. The Morgan fingerprint density at radius 1 is 1.42 bits per heavy atom. The number of hydrogen-bond acceptors (Lipinski definition) is 6. The fourth-order valence-electron chi connectivity index (χ4n) is 1.20. The average molecular weight is 294 g/mol. The molecule has 0 unspecified atom stereocenters. The lowest BCUT2D eigenvalue weighted by molar-refractivity contribution is 0.601. The summed E-state index contributed by atoms with van der Waals surface area (Å²) < 4.78 is 26.3. The summed E-state index contributed by atoms with van der Waals surface area (Å²) in [6.07, 6.45) is 4.27. The zero-order valence-electron chi connectivity index (χ0n) is 9.70. The molecule has 0 bridgehead atoms. The van der Waals surface area contributed by atoms with Crippen LogP contribution in [-0.4, -0.2) is 24.9 Å². The molecule has 0 amide bonds. The van der Waals surface area contributed by atoms with Gasteiger partial charge < -0.3 is 5.73 Å². The minimum atomic E-state index is -3.66. The fourth-order valence-corrected chi connectivity index (χ4v) is 3.09. The number of anilines is 1. The number of thiazole rings is 1. The van der Waals surface area contributed by atoms with E-state index in [-0.39, 0.29) is 16.6 Å². The third kappa shape index (κ3) is 3.51. The Balaban J connectivity index is 2.19. The van der Waals surface area contributed by atoms with Crippen molar-refractivity contribution in [3.05, 3.63) is 35.6 Å². The molecule has 0 aliphatic heterocycles. The molecule has 3 N–H and O–H groups in total. The van der Waals surface area contributed by atoms with Crippen molar-refractivity contribution in [3.8, 4) is 11.8 Å². The minimum absolute atomic E-state index is 0.0831. The van der Waals surface area contributed by atoms with Gasteiger partial charge in [-0.1, -0.05) is 23.2 Å². The Labute approximate surface area is 114 Å². The van der Waals surface area contributed by atoms with Crippen LogP contribution in [0.25, 0.3) is 0 Å². The second kappa shape index (κ2) is 5.79. The highest BCUT2D eigenvalue weighted by Gasteiger charge is 2.15. The summed E-state index contributed by atoms with van der Waals surface area (Å²) in [4.78, 5) is 8.44. The van der Waals surface area contributed by atoms with Crippen molar-refractivity contribution in [3.63, 3.8) is 0 Å². The van der Waals surface area contributed by atoms with Crippen molar-refractivity contribution >= 4 is 26.5 Å². The molecule has 0 saturated carbocycles. The molecular formula is C11H10N4O2S2. The first-order chi connectivity index (χ1) is 9.12. The molecule has 0 fully saturated rings. The molecule has 2 heterocycles. The highest BCUT2D eigenvalue weighted by Crippen LogP contribution is 2.20. The summed E-state index contributed by atoms with van der Waals surface area (Å²) in [7, 11) is -3.66. The minimum Gasteiger partial charge on any atom is -0.320 e. The number of sulfonamides is 1. The van der Waals surface area contributed by atoms with E-state index in [1.807, 2.05) is 0 Å². The van der Waals surface area contributed by atoms with Crippen LogP contribution in [0.2, 0.25) is 0 Å². The van der Waals surface area contributed by atoms with E-state index >= 15 is 0 Å². The smallest absolute Gasteiger partial charge is 0.265 e. The first kappa shape index (κ1) is 13.5. The van der Waals surface area contributed by atoms with E-state index in [1.165, 1.54) is 24.7 Å². The van der Waals surface area contributed by atoms with E-state index in [0.29, 0.717) is 4.88 Å². The van der Waals surface area contributed by atoms with Gasteiger partial charge in [-0.05, 0) is 12.1 Å². The Bertz CT molecular complexity index is 714. The van der Waals surface area contributed by atoms with Crippen LogP contribution in [0.15, 0.2) is 35.6 Å². The lowest BCUT2D eigenvalue weighted by atomic mass is 10.5. The lowest BCUT2D eigenvalue weighted by Crippen LogP contribution is -2.12. The standard InChI is InChI=1S/C11H10N4O2S2/c12-5-1-3-9-7-14-11(18-9)15-19(16,17)10-4-2-6-13-8-10/h2,4,6-8H,5,12H2,(H,14,15). The summed E-state index contributed by atoms with van der Waals surface area (Å²) in [5.74, 6) is 5.46. The van der Waals surface area contributed by atoms with Crippen LogP contribution in [-0.2, 0) is 10.0 Å². The van der Waals surface area contributed by atoms with Crippen LogP contribution in [0.4, 0.5) is 5.13 Å². The lowest BCUT2D eigenvalue weighted by Gasteiger charge is -2.03. The van der Waals surface area contributed by atoms with Crippen molar-refractivity contribution in [2.75, 3.05) is 11.3 Å². The Morgan fingerprint density at radius 2 is 2.26 bits per heavy atom. The summed E-state index contributed by atoms with van der Waals surface area (Å²) in [5, 5.41) is 0.255. The van der Waals surface area contributed by atoms with E-state index in [9.17, 15) is 8.42 Å². The molecule has 0 saturated heterocycles. The number of aromatic nitrogens is 2. The van der Waals surface area contributed by atoms with Crippen LogP contribution in [0.1, 0.15) is 4.88 Å². The van der Waals surface area contributed by atoms with Crippen molar-refractivity contribution in [1.29, 1.82) is 0 Å². The van der Waals surface area contributed by atoms with Gasteiger partial charge in [0.15, 0.2) is 5.13 Å². The molecule has 0 aromatic carbocycles. The molecule has 19 heavy (non-hydrogen) atoms. The summed E-state index contributed by atoms with van der Waals surface area (Å²) in [5.41, 5.74) is 5.25. The molecule has 0 aliphatic rings. The number of pyridine rings is 1. The maximum atomic E-state index is 12.0. The fraction of sp³-hybridized carbons (Fsp3) is 0.0909. The Morgan fingerprint density at radius 3 is 2.95 bits per heavy atom. The monoisotopic (exact) mass is 294 g/mol. The molecule has 98 valence electrons. The maximum absolute atomic E-state index is 12.0. The zero-order valence-corrected chi connectivity index (χ0v) is 11.3. The van der Waals surface area contributed by atoms with E-state index in [1.54, 1.807) is 6.07 Å². The van der Waals surface area contributed by atoms with Gasteiger partial charge in [0.25, 0.3) is 10.0 Å².